The molecule has 1 N–H and O–H groups in total. The molecular formula is C43H47N2O3+. The lowest BCUT2D eigenvalue weighted by Gasteiger charge is -2.28. The molecule has 5 nitrogen and oxygen atoms in total. The van der Waals surface area contributed by atoms with Crippen molar-refractivity contribution in [3.63, 3.8) is 0 Å². The monoisotopic (exact) mass is 639 g/mol. The van der Waals surface area contributed by atoms with E-state index in [1.54, 1.807) is 0 Å². The molecule has 1 fully saturated rings. The van der Waals surface area contributed by atoms with Crippen LogP contribution in [0.25, 0.3) is 21.5 Å². The van der Waals surface area contributed by atoms with Crippen LogP contribution < -0.4 is 4.90 Å². The van der Waals surface area contributed by atoms with E-state index in [2.05, 4.69) is 124 Å². The number of carbonyl (C=O) groups excluding carboxylic acids is 2. The van der Waals surface area contributed by atoms with Gasteiger partial charge in [0.05, 0.1) is 16.9 Å². The van der Waals surface area contributed by atoms with Crippen molar-refractivity contribution in [2.75, 3.05) is 18.0 Å². The van der Waals surface area contributed by atoms with E-state index in [1.807, 2.05) is 12.2 Å². The first-order chi connectivity index (χ1) is 23.0. The fraction of sp³-hybridized carbons (Fsp3) is 0.372. The van der Waals surface area contributed by atoms with Crippen LogP contribution in [-0.4, -0.2) is 46.2 Å². The molecule has 2 atom stereocenters. The molecule has 0 saturated heterocycles. The number of aliphatic hydroxyl groups excluding tert-OH is 1. The number of anilines is 1. The summed E-state index contributed by atoms with van der Waals surface area (Å²) in [6, 6.07) is 25.5. The summed E-state index contributed by atoms with van der Waals surface area (Å²) in [4.78, 5) is 30.6. The number of benzene rings is 4. The van der Waals surface area contributed by atoms with Crippen molar-refractivity contribution < 1.29 is 19.3 Å². The molecule has 0 radical (unpaired) electrons. The average Bonchev–Trinajstić information content (AvgIpc) is 3.53. The summed E-state index contributed by atoms with van der Waals surface area (Å²) in [5.41, 5.74) is 5.84. The van der Waals surface area contributed by atoms with Crippen LogP contribution in [0.2, 0.25) is 0 Å². The number of carbonyl (C=O) groups is 2. The van der Waals surface area contributed by atoms with Crippen molar-refractivity contribution in [1.82, 2.24) is 0 Å². The van der Waals surface area contributed by atoms with Crippen LogP contribution in [0.5, 0.6) is 0 Å². The molecule has 0 amide bonds. The minimum Gasteiger partial charge on any atom is -0.384 e. The van der Waals surface area contributed by atoms with Gasteiger partial charge in [-0.25, -0.2) is 0 Å². The molecule has 4 aromatic carbocycles. The summed E-state index contributed by atoms with van der Waals surface area (Å²) >= 11 is 0. The Labute approximate surface area is 284 Å². The third kappa shape index (κ3) is 4.81. The predicted molar refractivity (Wildman–Crippen MR) is 197 cm³/mol. The van der Waals surface area contributed by atoms with Gasteiger partial charge in [0.1, 0.15) is 12.6 Å². The van der Waals surface area contributed by atoms with Crippen LogP contribution in [0.15, 0.2) is 96.2 Å². The number of hydrogen-bond donors (Lipinski definition) is 1. The Morgan fingerprint density at radius 3 is 2.06 bits per heavy atom. The highest BCUT2D eigenvalue weighted by molar-refractivity contribution is 6.31. The van der Waals surface area contributed by atoms with Crippen LogP contribution in [0.1, 0.15) is 78.4 Å². The summed E-state index contributed by atoms with van der Waals surface area (Å²) in [6.45, 7) is 14.7. The third-order valence-electron chi connectivity index (χ3n) is 11.0. The van der Waals surface area contributed by atoms with Gasteiger partial charge in [0.2, 0.25) is 5.69 Å². The average molecular weight is 640 g/mol. The lowest BCUT2D eigenvalue weighted by Crippen LogP contribution is -2.30. The zero-order valence-electron chi connectivity index (χ0n) is 29.1. The van der Waals surface area contributed by atoms with E-state index in [4.69, 9.17) is 0 Å². The number of unbranched alkanes of at least 4 members (excludes halogenated alkanes) is 2. The molecule has 1 saturated carbocycles. The predicted octanol–water partition coefficient (Wildman–Crippen LogP) is 8.71. The zero-order valence-corrected chi connectivity index (χ0v) is 29.1. The van der Waals surface area contributed by atoms with Gasteiger partial charge in [0.25, 0.3) is 0 Å². The molecule has 7 rings (SSSR count). The first kappa shape index (κ1) is 32.2. The maximum atomic E-state index is 14.4. The fourth-order valence-electron chi connectivity index (χ4n) is 8.53. The number of hydrogen-bond acceptors (Lipinski definition) is 4. The molecule has 246 valence electrons. The van der Waals surface area contributed by atoms with Gasteiger partial charge in [-0.1, -0.05) is 101 Å². The molecule has 1 aliphatic carbocycles. The van der Waals surface area contributed by atoms with Crippen LogP contribution in [0.3, 0.4) is 0 Å². The molecule has 3 aliphatic rings. The molecular weight excluding hydrogens is 592 g/mol. The Hall–Kier alpha value is -4.35. The van der Waals surface area contributed by atoms with Gasteiger partial charge in [-0.05, 0) is 59.5 Å². The Morgan fingerprint density at radius 2 is 1.40 bits per heavy atom. The lowest BCUT2D eigenvalue weighted by molar-refractivity contribution is -0.438. The van der Waals surface area contributed by atoms with Crippen molar-refractivity contribution >= 4 is 50.2 Å². The fourth-order valence-corrected chi connectivity index (χ4v) is 8.53. The molecule has 4 aromatic rings. The van der Waals surface area contributed by atoms with Crippen molar-refractivity contribution in [3.8, 4) is 0 Å². The summed E-state index contributed by atoms with van der Waals surface area (Å²) < 4.78 is 2.30. The minimum atomic E-state index is -1.42. The number of rotatable bonds is 8. The minimum absolute atomic E-state index is 0.102. The van der Waals surface area contributed by atoms with E-state index < -0.39 is 28.6 Å². The first-order valence-electron chi connectivity index (χ1n) is 17.7. The smallest absolute Gasteiger partial charge is 0.210 e. The molecule has 5 heteroatoms. The molecule has 0 spiro atoms. The molecule has 0 bridgehead atoms. The van der Waals surface area contributed by atoms with Crippen molar-refractivity contribution in [3.05, 3.63) is 107 Å². The van der Waals surface area contributed by atoms with E-state index in [9.17, 15) is 14.7 Å². The van der Waals surface area contributed by atoms with E-state index >= 15 is 0 Å². The Kier molecular flexibility index (Phi) is 8.03. The van der Waals surface area contributed by atoms with Gasteiger partial charge in [-0.15, -0.1) is 0 Å². The van der Waals surface area contributed by atoms with Crippen LogP contribution in [0, 0.1) is 5.92 Å². The van der Waals surface area contributed by atoms with E-state index in [1.165, 1.54) is 32.7 Å². The SMILES string of the molecule is CCCCN1C(=CC2C(=O)C(=CC3=[N+](CCCC)c4ccc5ccccc5c4C3(C)C)C(=O)C2O)C(C)(C)c2c1ccc1ccccc21. The standard InChI is InChI=1S/C43H47N2O3/c1-7-9-23-44-33-21-19-27-15-11-13-17-29(27)37(33)42(3,4)35(44)25-31-39(46)32(41(48)40(31)47)26-36-43(5,6)38-30-18-14-12-16-28(30)20-22-34(38)45(36)24-10-8-2/h11-22,25-26,31,40,47H,7-10,23-24H2,1-6H3/q+1. The maximum absolute atomic E-state index is 14.4. The number of ketones is 2. The van der Waals surface area contributed by atoms with Gasteiger partial charge < -0.3 is 10.0 Å². The number of allylic oxidation sites excluding steroid dienone is 2. The zero-order chi connectivity index (χ0) is 34.0. The highest BCUT2D eigenvalue weighted by Crippen LogP contribution is 2.52. The summed E-state index contributed by atoms with van der Waals surface area (Å²) in [7, 11) is 0. The van der Waals surface area contributed by atoms with Gasteiger partial charge in [-0.2, -0.15) is 4.58 Å². The highest BCUT2D eigenvalue weighted by atomic mass is 16.3. The van der Waals surface area contributed by atoms with Crippen LogP contribution in [-0.2, 0) is 20.4 Å². The molecule has 0 aromatic heterocycles. The summed E-state index contributed by atoms with van der Waals surface area (Å²) in [5.74, 6) is -1.73. The van der Waals surface area contributed by atoms with Gasteiger partial charge in [0, 0.05) is 47.5 Å². The summed E-state index contributed by atoms with van der Waals surface area (Å²) in [6.07, 6.45) is 6.33. The number of nitrogens with zero attached hydrogens (tertiary/aromatic N) is 2. The second-order valence-electron chi connectivity index (χ2n) is 14.8. The van der Waals surface area contributed by atoms with E-state index in [-0.39, 0.29) is 11.4 Å². The van der Waals surface area contributed by atoms with Gasteiger partial charge >= 0.3 is 0 Å². The number of fused-ring (bicyclic) bond motifs is 6. The lowest BCUT2D eigenvalue weighted by atomic mass is 9.78. The quantitative estimate of drug-likeness (QED) is 0.119. The summed E-state index contributed by atoms with van der Waals surface area (Å²) in [5, 5.41) is 16.2. The molecule has 2 aliphatic heterocycles. The van der Waals surface area contributed by atoms with Crippen LogP contribution in [0.4, 0.5) is 11.4 Å². The maximum Gasteiger partial charge on any atom is 0.210 e. The normalized spacial score (nSPS) is 22.9. The van der Waals surface area contributed by atoms with E-state index in [0.29, 0.717) is 0 Å². The largest absolute Gasteiger partial charge is 0.384 e. The third-order valence-corrected chi connectivity index (χ3v) is 11.0. The number of Topliss-reactive ketones (excluding diaryl/α,β-unsaturated/α-hetero) is 2. The van der Waals surface area contributed by atoms with Gasteiger partial charge in [0.15, 0.2) is 17.3 Å². The Balaban J connectivity index is 1.33. The second kappa shape index (κ2) is 12.0. The Morgan fingerprint density at radius 1 is 0.771 bits per heavy atom. The highest BCUT2D eigenvalue weighted by Gasteiger charge is 2.51. The van der Waals surface area contributed by atoms with Crippen molar-refractivity contribution in [2.24, 2.45) is 5.92 Å². The Bertz CT molecular complexity index is 2080. The van der Waals surface area contributed by atoms with E-state index in [0.717, 1.165) is 61.6 Å². The van der Waals surface area contributed by atoms with Crippen molar-refractivity contribution in [2.45, 2.75) is 84.2 Å². The second-order valence-corrected chi connectivity index (χ2v) is 14.8. The molecule has 2 heterocycles. The topological polar surface area (TPSA) is 60.6 Å². The number of aliphatic hydroxyl groups is 1. The first-order valence-corrected chi connectivity index (χ1v) is 17.7. The van der Waals surface area contributed by atoms with Gasteiger partial charge in [-0.3, -0.25) is 9.59 Å². The van der Waals surface area contributed by atoms with Crippen molar-refractivity contribution in [1.29, 1.82) is 0 Å². The molecule has 48 heavy (non-hydrogen) atoms. The molecule has 2 unspecified atom stereocenters. The van der Waals surface area contributed by atoms with Crippen LogP contribution >= 0.6 is 0 Å².